The zero-order valence-electron chi connectivity index (χ0n) is 9.65. The van der Waals surface area contributed by atoms with Crippen molar-refractivity contribution in [1.29, 1.82) is 0 Å². The maximum Gasteiger partial charge on any atom is 0.328 e. The summed E-state index contributed by atoms with van der Waals surface area (Å²) in [4.78, 5) is 10.4. The van der Waals surface area contributed by atoms with Crippen molar-refractivity contribution in [3.63, 3.8) is 0 Å². The molecule has 1 aromatic carbocycles. The highest BCUT2D eigenvalue weighted by atomic mass is 127. The third kappa shape index (κ3) is 5.21. The van der Waals surface area contributed by atoms with Gasteiger partial charge in [-0.05, 0) is 52.8 Å². The van der Waals surface area contributed by atoms with Crippen LogP contribution in [-0.2, 0) is 4.79 Å². The Labute approximate surface area is 115 Å². The van der Waals surface area contributed by atoms with Gasteiger partial charge in [0.05, 0.1) is 10.2 Å². The lowest BCUT2D eigenvalue weighted by Gasteiger charge is -2.08. The van der Waals surface area contributed by atoms with E-state index in [9.17, 15) is 4.79 Å². The first-order chi connectivity index (χ1) is 8.13. The van der Waals surface area contributed by atoms with Gasteiger partial charge in [-0.3, -0.25) is 0 Å². The van der Waals surface area contributed by atoms with E-state index in [0.717, 1.165) is 33.8 Å². The van der Waals surface area contributed by atoms with Gasteiger partial charge in [0, 0.05) is 6.08 Å². The number of unbranched alkanes of at least 4 members (excludes halogenated alkanes) is 1. The van der Waals surface area contributed by atoms with E-state index in [0.29, 0.717) is 6.61 Å². The molecule has 0 aliphatic rings. The fourth-order valence-corrected chi connectivity index (χ4v) is 1.72. The van der Waals surface area contributed by atoms with E-state index in [-0.39, 0.29) is 0 Å². The number of aliphatic carboxylic acids is 1. The van der Waals surface area contributed by atoms with Crippen molar-refractivity contribution < 1.29 is 14.6 Å². The number of ether oxygens (including phenoxy) is 1. The molecule has 0 atom stereocenters. The Morgan fingerprint density at radius 3 is 2.94 bits per heavy atom. The van der Waals surface area contributed by atoms with Crippen LogP contribution >= 0.6 is 22.6 Å². The minimum Gasteiger partial charge on any atom is -0.492 e. The molecule has 0 amide bonds. The summed E-state index contributed by atoms with van der Waals surface area (Å²) in [6, 6.07) is 5.65. The van der Waals surface area contributed by atoms with Gasteiger partial charge in [-0.15, -0.1) is 0 Å². The Kier molecular flexibility index (Phi) is 6.04. The highest BCUT2D eigenvalue weighted by Crippen LogP contribution is 2.23. The van der Waals surface area contributed by atoms with Gasteiger partial charge in [0.1, 0.15) is 5.75 Å². The second-order valence-corrected chi connectivity index (χ2v) is 4.73. The molecule has 0 fully saturated rings. The Morgan fingerprint density at radius 1 is 1.53 bits per heavy atom. The predicted molar refractivity (Wildman–Crippen MR) is 76.2 cm³/mol. The summed E-state index contributed by atoms with van der Waals surface area (Å²) in [7, 11) is 0. The number of carbonyl (C=O) groups is 1. The summed E-state index contributed by atoms with van der Waals surface area (Å²) >= 11 is 2.21. The number of rotatable bonds is 6. The van der Waals surface area contributed by atoms with Gasteiger partial charge in [0.25, 0.3) is 0 Å². The molecule has 0 saturated heterocycles. The smallest absolute Gasteiger partial charge is 0.328 e. The molecule has 0 saturated carbocycles. The number of carboxylic acid groups (broad SMARTS) is 1. The summed E-state index contributed by atoms with van der Waals surface area (Å²) in [5.74, 6) is -0.136. The van der Waals surface area contributed by atoms with Crippen LogP contribution in [0.2, 0.25) is 0 Å². The van der Waals surface area contributed by atoms with Crippen LogP contribution in [0.1, 0.15) is 25.3 Å². The molecule has 1 N–H and O–H groups in total. The molecule has 0 unspecified atom stereocenters. The average molecular weight is 346 g/mol. The number of benzene rings is 1. The molecule has 0 bridgehead atoms. The summed E-state index contributed by atoms with van der Waals surface area (Å²) in [5.41, 5.74) is 0.833. The first-order valence-corrected chi connectivity index (χ1v) is 6.54. The van der Waals surface area contributed by atoms with Crippen LogP contribution in [0.5, 0.6) is 5.75 Å². The van der Waals surface area contributed by atoms with E-state index in [2.05, 4.69) is 29.5 Å². The van der Waals surface area contributed by atoms with Crippen molar-refractivity contribution in [1.82, 2.24) is 0 Å². The summed E-state index contributed by atoms with van der Waals surface area (Å²) in [6.45, 7) is 2.80. The highest BCUT2D eigenvalue weighted by molar-refractivity contribution is 14.1. The maximum atomic E-state index is 10.4. The summed E-state index contributed by atoms with van der Waals surface area (Å²) in [5, 5.41) is 8.55. The van der Waals surface area contributed by atoms with Crippen LogP contribution in [0.4, 0.5) is 0 Å². The van der Waals surface area contributed by atoms with Gasteiger partial charge in [-0.2, -0.15) is 0 Å². The molecule has 3 nitrogen and oxygen atoms in total. The Balaban J connectivity index is 2.75. The van der Waals surface area contributed by atoms with Gasteiger partial charge in [-0.1, -0.05) is 19.4 Å². The number of hydrogen-bond donors (Lipinski definition) is 1. The predicted octanol–water partition coefficient (Wildman–Crippen LogP) is 3.57. The molecule has 0 radical (unpaired) electrons. The first-order valence-electron chi connectivity index (χ1n) is 5.47. The maximum absolute atomic E-state index is 10.4. The van der Waals surface area contributed by atoms with Gasteiger partial charge >= 0.3 is 5.97 Å². The van der Waals surface area contributed by atoms with E-state index < -0.39 is 5.97 Å². The molecule has 0 spiro atoms. The first kappa shape index (κ1) is 14.0. The van der Waals surface area contributed by atoms with E-state index in [4.69, 9.17) is 9.84 Å². The van der Waals surface area contributed by atoms with Gasteiger partial charge in [-0.25, -0.2) is 4.79 Å². The fraction of sp³-hybridized carbons (Fsp3) is 0.308. The molecule has 1 rings (SSSR count). The molecule has 0 aromatic heterocycles. The molecule has 0 heterocycles. The molecule has 0 aliphatic heterocycles. The largest absolute Gasteiger partial charge is 0.492 e. The minimum absolute atomic E-state index is 0.693. The Morgan fingerprint density at radius 2 is 2.29 bits per heavy atom. The number of carboxylic acids is 1. The zero-order chi connectivity index (χ0) is 12.7. The quantitative estimate of drug-likeness (QED) is 0.487. The van der Waals surface area contributed by atoms with Crippen LogP contribution in [0.15, 0.2) is 24.3 Å². The van der Waals surface area contributed by atoms with Crippen LogP contribution in [0.3, 0.4) is 0 Å². The van der Waals surface area contributed by atoms with E-state index in [1.54, 1.807) is 6.08 Å². The molecular formula is C13H15IO3. The standard InChI is InChI=1S/C13H15IO3/c1-2-3-8-17-12-9-10(4-6-11(12)14)5-7-13(15)16/h4-7,9H,2-3,8H2,1H3,(H,15,16)/b7-5+. The van der Waals surface area contributed by atoms with Gasteiger partial charge in [0.15, 0.2) is 0 Å². The van der Waals surface area contributed by atoms with Gasteiger partial charge < -0.3 is 9.84 Å². The van der Waals surface area contributed by atoms with E-state index in [1.807, 2.05) is 18.2 Å². The van der Waals surface area contributed by atoms with Crippen LogP contribution < -0.4 is 4.74 Å². The third-order valence-electron chi connectivity index (χ3n) is 2.13. The second-order valence-electron chi connectivity index (χ2n) is 3.56. The van der Waals surface area contributed by atoms with Crippen LogP contribution in [0, 0.1) is 3.57 Å². The zero-order valence-corrected chi connectivity index (χ0v) is 11.8. The lowest BCUT2D eigenvalue weighted by atomic mass is 10.2. The highest BCUT2D eigenvalue weighted by Gasteiger charge is 2.01. The normalized spacial score (nSPS) is 10.7. The Bertz CT molecular complexity index is 413. The SMILES string of the molecule is CCCCOc1cc(/C=C/C(=O)O)ccc1I. The molecule has 1 aromatic rings. The lowest BCUT2D eigenvalue weighted by molar-refractivity contribution is -0.131. The fourth-order valence-electron chi connectivity index (χ4n) is 1.23. The monoisotopic (exact) mass is 346 g/mol. The van der Waals surface area contributed by atoms with E-state index in [1.165, 1.54) is 0 Å². The second kappa shape index (κ2) is 7.32. The van der Waals surface area contributed by atoms with Crippen molar-refractivity contribution >= 4 is 34.6 Å². The topological polar surface area (TPSA) is 46.5 Å². The molecule has 17 heavy (non-hydrogen) atoms. The van der Waals surface area contributed by atoms with Crippen molar-refractivity contribution in [3.8, 4) is 5.75 Å². The molecule has 4 heteroatoms. The van der Waals surface area contributed by atoms with Gasteiger partial charge in [0.2, 0.25) is 0 Å². The van der Waals surface area contributed by atoms with Crippen molar-refractivity contribution in [2.45, 2.75) is 19.8 Å². The average Bonchev–Trinajstić information content (AvgIpc) is 2.30. The third-order valence-corrected chi connectivity index (χ3v) is 3.02. The lowest BCUT2D eigenvalue weighted by Crippen LogP contribution is -1.98. The van der Waals surface area contributed by atoms with Crippen LogP contribution in [0.25, 0.3) is 6.08 Å². The summed E-state index contributed by atoms with van der Waals surface area (Å²) in [6.07, 6.45) is 4.80. The van der Waals surface area contributed by atoms with Crippen LogP contribution in [-0.4, -0.2) is 17.7 Å². The minimum atomic E-state index is -0.947. The van der Waals surface area contributed by atoms with Crippen molar-refractivity contribution in [2.75, 3.05) is 6.61 Å². The number of hydrogen-bond acceptors (Lipinski definition) is 2. The molecular weight excluding hydrogens is 331 g/mol. The van der Waals surface area contributed by atoms with E-state index >= 15 is 0 Å². The number of halogens is 1. The van der Waals surface area contributed by atoms with Crippen molar-refractivity contribution in [3.05, 3.63) is 33.4 Å². The summed E-state index contributed by atoms with van der Waals surface area (Å²) < 4.78 is 6.67. The molecule has 0 aliphatic carbocycles. The Hall–Kier alpha value is -1.04. The van der Waals surface area contributed by atoms with Crippen molar-refractivity contribution in [2.24, 2.45) is 0 Å². The molecule has 92 valence electrons.